The molecule has 16 heavy (non-hydrogen) atoms. The van der Waals surface area contributed by atoms with Crippen LogP contribution < -0.4 is 0 Å². The third-order valence-corrected chi connectivity index (χ3v) is 2.75. The molecule has 5 heteroatoms. The zero-order valence-electron chi connectivity index (χ0n) is 8.33. The summed E-state index contributed by atoms with van der Waals surface area (Å²) in [6, 6.07) is 5.23. The van der Waals surface area contributed by atoms with Crippen molar-refractivity contribution in [3.05, 3.63) is 35.4 Å². The van der Waals surface area contributed by atoms with Crippen molar-refractivity contribution in [2.75, 3.05) is 0 Å². The van der Waals surface area contributed by atoms with Crippen molar-refractivity contribution in [2.45, 2.75) is 25.2 Å². The first-order chi connectivity index (χ1) is 7.52. The summed E-state index contributed by atoms with van der Waals surface area (Å²) >= 11 is 0. The van der Waals surface area contributed by atoms with E-state index in [0.29, 0.717) is 5.56 Å². The maximum atomic E-state index is 12.7. The molecule has 1 heterocycles. The molecule has 1 aromatic carbocycles. The summed E-state index contributed by atoms with van der Waals surface area (Å²) < 4.78 is 38.0. The standard InChI is InChI=1S/C11H9F3N2/c12-11(13,14)10-5-8-3-1-2-4-9(8)6-16(10)7-15/h1-4,10H,5-6H2. The molecule has 0 aromatic heterocycles. The average molecular weight is 226 g/mol. The number of hydrogen-bond donors (Lipinski definition) is 0. The van der Waals surface area contributed by atoms with Crippen molar-refractivity contribution in [2.24, 2.45) is 0 Å². The van der Waals surface area contributed by atoms with Gasteiger partial charge < -0.3 is 0 Å². The molecule has 0 fully saturated rings. The third-order valence-electron chi connectivity index (χ3n) is 2.75. The Labute approximate surface area is 90.9 Å². The number of alkyl halides is 3. The topological polar surface area (TPSA) is 27.0 Å². The van der Waals surface area contributed by atoms with Crippen molar-refractivity contribution in [1.82, 2.24) is 4.90 Å². The van der Waals surface area contributed by atoms with Gasteiger partial charge in [-0.15, -0.1) is 0 Å². The van der Waals surface area contributed by atoms with Crippen LogP contribution in [0.5, 0.6) is 0 Å². The van der Waals surface area contributed by atoms with Crippen LogP contribution in [0, 0.1) is 11.5 Å². The molecule has 1 aliphatic heterocycles. The molecule has 0 aliphatic carbocycles. The van der Waals surface area contributed by atoms with Gasteiger partial charge in [-0.25, -0.2) is 0 Å². The summed E-state index contributed by atoms with van der Waals surface area (Å²) in [4.78, 5) is 0.794. The highest BCUT2D eigenvalue weighted by Gasteiger charge is 2.45. The van der Waals surface area contributed by atoms with Gasteiger partial charge in [-0.1, -0.05) is 24.3 Å². The molecule has 1 atom stereocenters. The van der Waals surface area contributed by atoms with E-state index in [1.165, 1.54) is 0 Å². The third kappa shape index (κ3) is 1.83. The maximum Gasteiger partial charge on any atom is 0.409 e. The Morgan fingerprint density at radius 1 is 1.25 bits per heavy atom. The summed E-state index contributed by atoms with van der Waals surface area (Å²) in [5, 5.41) is 8.73. The summed E-state index contributed by atoms with van der Waals surface area (Å²) in [6.07, 6.45) is -2.89. The van der Waals surface area contributed by atoms with Crippen LogP contribution in [0.1, 0.15) is 11.1 Å². The largest absolute Gasteiger partial charge is 0.409 e. The number of nitriles is 1. The Morgan fingerprint density at radius 3 is 2.44 bits per heavy atom. The maximum absolute atomic E-state index is 12.7. The van der Waals surface area contributed by atoms with Crippen LogP contribution in [0.4, 0.5) is 13.2 Å². The lowest BCUT2D eigenvalue weighted by atomic mass is 9.94. The predicted octanol–water partition coefficient (Wildman–Crippen LogP) is 2.46. The highest BCUT2D eigenvalue weighted by atomic mass is 19.4. The van der Waals surface area contributed by atoms with Crippen LogP contribution in [-0.2, 0) is 13.0 Å². The Hall–Kier alpha value is -1.70. The Balaban J connectivity index is 2.36. The number of nitrogens with zero attached hydrogens (tertiary/aromatic N) is 2. The molecule has 0 saturated heterocycles. The molecule has 1 unspecified atom stereocenters. The molecule has 0 saturated carbocycles. The molecule has 1 aromatic rings. The predicted molar refractivity (Wildman–Crippen MR) is 51.1 cm³/mol. The summed E-state index contributed by atoms with van der Waals surface area (Å²) in [5.41, 5.74) is 1.47. The molecule has 0 spiro atoms. The van der Waals surface area contributed by atoms with Gasteiger partial charge in [-0.05, 0) is 11.1 Å². The molecule has 2 rings (SSSR count). The van der Waals surface area contributed by atoms with E-state index < -0.39 is 12.2 Å². The van der Waals surface area contributed by atoms with Gasteiger partial charge in [-0.3, -0.25) is 4.90 Å². The zero-order valence-corrected chi connectivity index (χ0v) is 8.33. The second kappa shape index (κ2) is 3.71. The Kier molecular flexibility index (Phi) is 2.50. The first-order valence-corrected chi connectivity index (χ1v) is 4.82. The van der Waals surface area contributed by atoms with E-state index in [4.69, 9.17) is 5.26 Å². The molecule has 0 bridgehead atoms. The lowest BCUT2D eigenvalue weighted by Gasteiger charge is -2.33. The second-order valence-corrected chi connectivity index (χ2v) is 3.76. The molecule has 0 N–H and O–H groups in total. The number of halogens is 3. The monoisotopic (exact) mass is 226 g/mol. The van der Waals surface area contributed by atoms with E-state index in [1.54, 1.807) is 30.5 Å². The van der Waals surface area contributed by atoms with Crippen LogP contribution in [0.15, 0.2) is 24.3 Å². The summed E-state index contributed by atoms with van der Waals surface area (Å²) in [5.74, 6) is 0. The Bertz CT molecular complexity index is 434. The highest BCUT2D eigenvalue weighted by molar-refractivity contribution is 5.31. The van der Waals surface area contributed by atoms with Crippen molar-refractivity contribution in [3.8, 4) is 6.19 Å². The van der Waals surface area contributed by atoms with Crippen LogP contribution in [-0.4, -0.2) is 17.1 Å². The van der Waals surface area contributed by atoms with Crippen LogP contribution in [0.3, 0.4) is 0 Å². The van der Waals surface area contributed by atoms with Crippen molar-refractivity contribution < 1.29 is 13.2 Å². The molecule has 0 radical (unpaired) electrons. The minimum atomic E-state index is -4.36. The van der Waals surface area contributed by atoms with Crippen molar-refractivity contribution in [1.29, 1.82) is 5.26 Å². The first kappa shape index (κ1) is 10.8. The highest BCUT2D eigenvalue weighted by Crippen LogP contribution is 2.32. The van der Waals surface area contributed by atoms with Gasteiger partial charge in [0.1, 0.15) is 6.04 Å². The smallest absolute Gasteiger partial charge is 0.294 e. The van der Waals surface area contributed by atoms with Gasteiger partial charge in [0, 0.05) is 6.42 Å². The van der Waals surface area contributed by atoms with Crippen LogP contribution >= 0.6 is 0 Å². The van der Waals surface area contributed by atoms with E-state index >= 15 is 0 Å². The number of rotatable bonds is 0. The molecule has 84 valence electrons. The van der Waals surface area contributed by atoms with E-state index in [1.807, 2.05) is 0 Å². The first-order valence-electron chi connectivity index (χ1n) is 4.82. The minimum Gasteiger partial charge on any atom is -0.294 e. The average Bonchev–Trinajstić information content (AvgIpc) is 2.26. The van der Waals surface area contributed by atoms with E-state index in [9.17, 15) is 13.2 Å². The molecular weight excluding hydrogens is 217 g/mol. The number of fused-ring (bicyclic) bond motifs is 1. The number of hydrogen-bond acceptors (Lipinski definition) is 2. The number of benzene rings is 1. The lowest BCUT2D eigenvalue weighted by Crippen LogP contribution is -2.47. The molecule has 2 nitrogen and oxygen atoms in total. The van der Waals surface area contributed by atoms with E-state index in [2.05, 4.69) is 0 Å². The van der Waals surface area contributed by atoms with Gasteiger partial charge in [0.2, 0.25) is 0 Å². The van der Waals surface area contributed by atoms with Crippen LogP contribution in [0.25, 0.3) is 0 Å². The van der Waals surface area contributed by atoms with Gasteiger partial charge in [0.15, 0.2) is 6.19 Å². The Morgan fingerprint density at radius 2 is 1.88 bits per heavy atom. The van der Waals surface area contributed by atoms with E-state index in [0.717, 1.165) is 10.5 Å². The second-order valence-electron chi connectivity index (χ2n) is 3.76. The fraction of sp³-hybridized carbons (Fsp3) is 0.364. The SMILES string of the molecule is N#CN1Cc2ccccc2CC1C(F)(F)F. The quantitative estimate of drug-likeness (QED) is 0.635. The van der Waals surface area contributed by atoms with Crippen molar-refractivity contribution >= 4 is 0 Å². The normalized spacial score (nSPS) is 20.1. The molecular formula is C11H9F3N2. The lowest BCUT2D eigenvalue weighted by molar-refractivity contribution is -0.178. The molecule has 1 aliphatic rings. The van der Waals surface area contributed by atoms with E-state index in [-0.39, 0.29) is 13.0 Å². The van der Waals surface area contributed by atoms with Gasteiger partial charge in [0.05, 0.1) is 6.54 Å². The van der Waals surface area contributed by atoms with Gasteiger partial charge in [-0.2, -0.15) is 18.4 Å². The summed E-state index contributed by atoms with van der Waals surface area (Å²) in [6.45, 7) is 0.0385. The van der Waals surface area contributed by atoms with Crippen LogP contribution in [0.2, 0.25) is 0 Å². The van der Waals surface area contributed by atoms with Gasteiger partial charge >= 0.3 is 6.18 Å². The zero-order chi connectivity index (χ0) is 11.8. The molecule has 0 amide bonds. The fourth-order valence-corrected chi connectivity index (χ4v) is 1.92. The fourth-order valence-electron chi connectivity index (χ4n) is 1.92. The summed E-state index contributed by atoms with van der Waals surface area (Å²) in [7, 11) is 0. The van der Waals surface area contributed by atoms with Crippen molar-refractivity contribution in [3.63, 3.8) is 0 Å². The van der Waals surface area contributed by atoms with Gasteiger partial charge in [0.25, 0.3) is 0 Å². The minimum absolute atomic E-state index is 0.0385.